The number of benzene rings is 1. The minimum atomic E-state index is -4.43. The molecule has 0 aromatic heterocycles. The number of hydrogen-bond acceptors (Lipinski definition) is 3. The number of anilines is 1. The molecular weight excluding hydrogens is 378 g/mol. The summed E-state index contributed by atoms with van der Waals surface area (Å²) < 4.78 is 54.5. The van der Waals surface area contributed by atoms with Crippen LogP contribution in [0.4, 0.5) is 23.2 Å². The number of esters is 1. The van der Waals surface area contributed by atoms with Gasteiger partial charge in [0.1, 0.15) is 0 Å². The van der Waals surface area contributed by atoms with Gasteiger partial charge >= 0.3 is 18.3 Å². The van der Waals surface area contributed by atoms with E-state index in [9.17, 15) is 27.2 Å². The fourth-order valence-corrected chi connectivity index (χ4v) is 2.60. The van der Waals surface area contributed by atoms with E-state index in [4.69, 9.17) is 11.6 Å². The first-order chi connectivity index (χ1) is 12.2. The first-order valence-corrected chi connectivity index (χ1v) is 8.12. The van der Waals surface area contributed by atoms with E-state index in [1.54, 1.807) is 36.4 Å². The maximum Gasteiger partial charge on any atom is 0.340 e. The summed E-state index contributed by atoms with van der Waals surface area (Å²) in [6, 6.07) is 6.26. The Balaban J connectivity index is 2.02. The van der Waals surface area contributed by atoms with Gasteiger partial charge in [0.15, 0.2) is 6.61 Å². The number of rotatable bonds is 6. The zero-order valence-corrected chi connectivity index (χ0v) is 14.2. The van der Waals surface area contributed by atoms with Crippen LogP contribution < -0.4 is 5.32 Å². The van der Waals surface area contributed by atoms with Gasteiger partial charge in [-0.05, 0) is 37.1 Å². The first kappa shape index (κ1) is 20.2. The van der Waals surface area contributed by atoms with Crippen LogP contribution in [0.1, 0.15) is 12.8 Å². The number of ether oxygens (including phenoxy) is 1. The molecule has 4 nitrogen and oxygen atoms in total. The van der Waals surface area contributed by atoms with E-state index in [0.717, 1.165) is 0 Å². The number of amides is 1. The van der Waals surface area contributed by atoms with Crippen molar-refractivity contribution >= 4 is 29.2 Å². The highest BCUT2D eigenvalue weighted by molar-refractivity contribution is 6.30. The van der Waals surface area contributed by atoms with Crippen molar-refractivity contribution < 1.29 is 31.9 Å². The van der Waals surface area contributed by atoms with Gasteiger partial charge in [-0.15, -0.1) is 0 Å². The largest absolute Gasteiger partial charge is 0.459 e. The van der Waals surface area contributed by atoms with Crippen molar-refractivity contribution in [3.8, 4) is 0 Å². The lowest BCUT2D eigenvalue weighted by Gasteiger charge is -2.26. The van der Waals surface area contributed by atoms with E-state index >= 15 is 0 Å². The van der Waals surface area contributed by atoms with Crippen molar-refractivity contribution in [2.24, 2.45) is 11.8 Å². The molecule has 9 heteroatoms. The van der Waals surface area contributed by atoms with Gasteiger partial charge in [0.25, 0.3) is 0 Å². The van der Waals surface area contributed by atoms with Crippen molar-refractivity contribution in [3.63, 3.8) is 0 Å². The third-order valence-electron chi connectivity index (χ3n) is 3.91. The van der Waals surface area contributed by atoms with Crippen LogP contribution in [0.2, 0.25) is 5.02 Å². The molecule has 1 aromatic carbocycles. The van der Waals surface area contributed by atoms with Crippen molar-refractivity contribution in [2.75, 3.05) is 11.9 Å². The van der Waals surface area contributed by atoms with Crippen LogP contribution in [0, 0.1) is 11.8 Å². The molecule has 1 aliphatic rings. The smallest absolute Gasteiger partial charge is 0.340 e. The third kappa shape index (κ3) is 5.20. The average molecular weight is 394 g/mol. The molecule has 1 amide bonds. The standard InChI is InChI=1S/C17H16ClF4NO3/c18-10-5-7-11(8-6-10)23-14(24)12-3-1-2-4-13(12)15(25)26-9-17(21,22)16(19)20/h1-2,5-8,12-13,16H,3-4,9H2,(H,23,24)/t12-,13+/m1/s1. The predicted octanol–water partition coefficient (Wildman–Crippen LogP) is 4.30. The Morgan fingerprint density at radius 1 is 1.15 bits per heavy atom. The van der Waals surface area contributed by atoms with Crippen LogP contribution in [-0.4, -0.2) is 30.8 Å². The number of hydrogen-bond donors (Lipinski definition) is 1. The minimum absolute atomic E-state index is 0.0950. The van der Waals surface area contributed by atoms with Gasteiger partial charge in [-0.1, -0.05) is 23.8 Å². The lowest BCUT2D eigenvalue weighted by molar-refractivity contribution is -0.184. The molecule has 1 aliphatic carbocycles. The van der Waals surface area contributed by atoms with Gasteiger partial charge in [-0.3, -0.25) is 9.59 Å². The number of carbonyl (C=O) groups excluding carboxylic acids is 2. The van der Waals surface area contributed by atoms with Crippen LogP contribution in [0.5, 0.6) is 0 Å². The second-order valence-corrected chi connectivity index (χ2v) is 6.26. The van der Waals surface area contributed by atoms with Crippen molar-refractivity contribution in [2.45, 2.75) is 25.2 Å². The fraction of sp³-hybridized carbons (Fsp3) is 0.412. The minimum Gasteiger partial charge on any atom is -0.459 e. The molecule has 142 valence electrons. The van der Waals surface area contributed by atoms with Gasteiger partial charge in [0.05, 0.1) is 11.8 Å². The maximum absolute atomic E-state index is 12.9. The van der Waals surface area contributed by atoms with Gasteiger partial charge in [-0.2, -0.15) is 8.78 Å². The molecule has 0 saturated heterocycles. The van der Waals surface area contributed by atoms with E-state index in [1.165, 1.54) is 0 Å². The van der Waals surface area contributed by atoms with E-state index in [-0.39, 0.29) is 12.8 Å². The van der Waals surface area contributed by atoms with E-state index in [2.05, 4.69) is 10.1 Å². The quantitative estimate of drug-likeness (QED) is 0.445. The fourth-order valence-electron chi connectivity index (χ4n) is 2.47. The van der Waals surface area contributed by atoms with Gasteiger partial charge < -0.3 is 10.1 Å². The number of halogens is 5. The van der Waals surface area contributed by atoms with Crippen LogP contribution >= 0.6 is 11.6 Å². The first-order valence-electron chi connectivity index (χ1n) is 7.75. The van der Waals surface area contributed by atoms with Crippen LogP contribution in [0.25, 0.3) is 0 Å². The number of nitrogens with one attached hydrogen (secondary N) is 1. The number of carbonyl (C=O) groups is 2. The van der Waals surface area contributed by atoms with E-state index < -0.39 is 42.7 Å². The van der Waals surface area contributed by atoms with Gasteiger partial charge in [-0.25, -0.2) is 8.78 Å². The second kappa shape index (κ2) is 8.53. The normalized spacial score (nSPS) is 20.1. The van der Waals surface area contributed by atoms with Crippen molar-refractivity contribution in [1.82, 2.24) is 0 Å². The molecule has 2 atom stereocenters. The summed E-state index contributed by atoms with van der Waals surface area (Å²) in [6.45, 7) is -1.73. The molecule has 0 spiro atoms. The SMILES string of the molecule is O=C(OCC(F)(F)C(F)F)[C@H]1CC=CC[C@H]1C(=O)Nc1ccc(Cl)cc1. The van der Waals surface area contributed by atoms with E-state index in [0.29, 0.717) is 10.7 Å². The topological polar surface area (TPSA) is 55.4 Å². The predicted molar refractivity (Wildman–Crippen MR) is 87.3 cm³/mol. The second-order valence-electron chi connectivity index (χ2n) is 5.82. The summed E-state index contributed by atoms with van der Waals surface area (Å²) in [4.78, 5) is 24.5. The number of allylic oxidation sites excluding steroid dienone is 2. The van der Waals surface area contributed by atoms with Crippen LogP contribution in [0.3, 0.4) is 0 Å². The third-order valence-corrected chi connectivity index (χ3v) is 4.16. The molecule has 1 aromatic rings. The molecule has 0 saturated carbocycles. The molecule has 0 aliphatic heterocycles. The molecule has 2 rings (SSSR count). The molecule has 0 radical (unpaired) electrons. The monoisotopic (exact) mass is 393 g/mol. The molecule has 0 fully saturated rings. The van der Waals surface area contributed by atoms with Gasteiger partial charge in [0, 0.05) is 10.7 Å². The highest BCUT2D eigenvalue weighted by atomic mass is 35.5. The lowest BCUT2D eigenvalue weighted by Crippen LogP contribution is -2.39. The van der Waals surface area contributed by atoms with E-state index in [1.807, 2.05) is 0 Å². The zero-order valence-electron chi connectivity index (χ0n) is 13.4. The summed E-state index contributed by atoms with van der Waals surface area (Å²) in [6.07, 6.45) is -0.347. The highest BCUT2D eigenvalue weighted by Crippen LogP contribution is 2.30. The Labute approximate surface area is 152 Å². The average Bonchev–Trinajstić information content (AvgIpc) is 2.61. The summed E-state index contributed by atoms with van der Waals surface area (Å²) in [5.41, 5.74) is 0.449. The Morgan fingerprint density at radius 2 is 1.73 bits per heavy atom. The van der Waals surface area contributed by atoms with Crippen molar-refractivity contribution in [1.29, 1.82) is 0 Å². The summed E-state index contributed by atoms with van der Waals surface area (Å²) >= 11 is 5.76. The highest BCUT2D eigenvalue weighted by Gasteiger charge is 2.43. The Hall–Kier alpha value is -2.09. The Morgan fingerprint density at radius 3 is 2.31 bits per heavy atom. The molecule has 0 bridgehead atoms. The van der Waals surface area contributed by atoms with Gasteiger partial charge in [0.2, 0.25) is 5.91 Å². The number of alkyl halides is 4. The summed E-state index contributed by atoms with van der Waals surface area (Å²) in [5.74, 6) is -7.92. The molecule has 1 N–H and O–H groups in total. The summed E-state index contributed by atoms with van der Waals surface area (Å²) in [5, 5.41) is 3.08. The molecule has 0 heterocycles. The van der Waals surface area contributed by atoms with Crippen LogP contribution in [-0.2, 0) is 14.3 Å². The Bertz CT molecular complexity index is 679. The molecule has 26 heavy (non-hydrogen) atoms. The lowest BCUT2D eigenvalue weighted by atomic mass is 9.82. The van der Waals surface area contributed by atoms with Crippen molar-refractivity contribution in [3.05, 3.63) is 41.4 Å². The zero-order chi connectivity index (χ0) is 19.3. The maximum atomic E-state index is 12.9. The molecule has 0 unspecified atom stereocenters. The van der Waals surface area contributed by atoms with Crippen LogP contribution in [0.15, 0.2) is 36.4 Å². The summed E-state index contributed by atoms with van der Waals surface area (Å²) in [7, 11) is 0. The molecular formula is C17H16ClF4NO3. The Kier molecular flexibility index (Phi) is 6.63.